The fourth-order valence-electron chi connectivity index (χ4n) is 2.52. The van der Waals surface area contributed by atoms with Gasteiger partial charge in [0.25, 0.3) is 0 Å². The van der Waals surface area contributed by atoms with E-state index in [2.05, 4.69) is 6.92 Å². The van der Waals surface area contributed by atoms with Gasteiger partial charge >= 0.3 is 0 Å². The normalized spacial score (nSPS) is 17.7. The van der Waals surface area contributed by atoms with Crippen LogP contribution in [0, 0.1) is 5.92 Å². The Balaban J connectivity index is 3.77. The van der Waals surface area contributed by atoms with Gasteiger partial charge in [-0.25, -0.2) is 0 Å². The summed E-state index contributed by atoms with van der Waals surface area (Å²) in [5.41, 5.74) is 5.57. The lowest BCUT2D eigenvalue weighted by Gasteiger charge is -2.25. The summed E-state index contributed by atoms with van der Waals surface area (Å²) in [7, 11) is 0. The summed E-state index contributed by atoms with van der Waals surface area (Å²) in [5.74, 6) is 0.00546. The third kappa shape index (κ3) is 8.90. The van der Waals surface area contributed by atoms with Gasteiger partial charge in [-0.05, 0) is 25.3 Å². The molecule has 122 valence electrons. The quantitative estimate of drug-likeness (QED) is 0.391. The predicted octanol–water partition coefficient (Wildman–Crippen LogP) is 2.19. The van der Waals surface area contributed by atoms with Gasteiger partial charge in [-0.3, -0.25) is 0 Å². The van der Waals surface area contributed by atoms with Crippen LogP contribution in [0.25, 0.3) is 0 Å². The van der Waals surface area contributed by atoms with E-state index in [4.69, 9.17) is 5.73 Å². The van der Waals surface area contributed by atoms with Gasteiger partial charge < -0.3 is 21.1 Å². The van der Waals surface area contributed by atoms with Crippen molar-refractivity contribution in [1.82, 2.24) is 0 Å². The topological polar surface area (TPSA) is 86.7 Å². The molecule has 0 spiro atoms. The number of unbranched alkanes of at least 4 members (excludes halogenated alkanes) is 5. The molecule has 0 fully saturated rings. The second kappa shape index (κ2) is 12.6. The third-order valence-corrected chi connectivity index (χ3v) is 4.15. The average Bonchev–Trinajstić information content (AvgIpc) is 2.43. The van der Waals surface area contributed by atoms with Crippen LogP contribution < -0.4 is 5.73 Å². The minimum absolute atomic E-state index is 0.00546. The maximum atomic E-state index is 9.95. The molecule has 0 aliphatic rings. The van der Waals surface area contributed by atoms with E-state index in [9.17, 15) is 15.3 Å². The van der Waals surface area contributed by atoms with E-state index < -0.39 is 18.3 Å². The molecule has 0 bridgehead atoms. The molecule has 0 amide bonds. The highest BCUT2D eigenvalue weighted by molar-refractivity contribution is 4.76. The lowest BCUT2D eigenvalue weighted by Crippen LogP contribution is -2.35. The molecule has 0 aliphatic carbocycles. The monoisotopic (exact) mass is 289 g/mol. The van der Waals surface area contributed by atoms with Gasteiger partial charge in [0.15, 0.2) is 0 Å². The first-order valence-corrected chi connectivity index (χ1v) is 8.30. The van der Waals surface area contributed by atoms with Crippen LogP contribution in [-0.4, -0.2) is 40.2 Å². The molecule has 0 aliphatic heterocycles. The van der Waals surface area contributed by atoms with Gasteiger partial charge in [-0.2, -0.15) is 0 Å². The molecule has 4 heteroatoms. The predicted molar refractivity (Wildman–Crippen MR) is 83.5 cm³/mol. The summed E-state index contributed by atoms with van der Waals surface area (Å²) >= 11 is 0. The summed E-state index contributed by atoms with van der Waals surface area (Å²) in [6.07, 6.45) is 6.41. The van der Waals surface area contributed by atoms with E-state index in [1.165, 1.54) is 25.7 Å². The number of hydrogen-bond acceptors (Lipinski definition) is 4. The molecular formula is C16H35NO3. The van der Waals surface area contributed by atoms with Crippen LogP contribution >= 0.6 is 0 Å². The molecule has 0 saturated heterocycles. The maximum Gasteiger partial charge on any atom is 0.0823 e. The molecule has 20 heavy (non-hydrogen) atoms. The van der Waals surface area contributed by atoms with E-state index in [0.29, 0.717) is 13.0 Å². The molecule has 0 radical (unpaired) electrons. The van der Waals surface area contributed by atoms with Crippen LogP contribution in [0.15, 0.2) is 0 Å². The first kappa shape index (κ1) is 19.8. The van der Waals surface area contributed by atoms with Gasteiger partial charge in [0.05, 0.1) is 18.3 Å². The molecular weight excluding hydrogens is 254 g/mol. The van der Waals surface area contributed by atoms with Crippen molar-refractivity contribution in [2.24, 2.45) is 11.7 Å². The zero-order valence-corrected chi connectivity index (χ0v) is 13.3. The van der Waals surface area contributed by atoms with Crippen molar-refractivity contribution >= 4 is 0 Å². The van der Waals surface area contributed by atoms with Crippen LogP contribution in [0.5, 0.6) is 0 Å². The molecule has 0 saturated carbocycles. The Hall–Kier alpha value is -0.160. The number of aliphatic hydroxyl groups is 3. The fraction of sp³-hybridized carbons (Fsp3) is 1.00. The Morgan fingerprint density at radius 3 is 1.95 bits per heavy atom. The second-order valence-electron chi connectivity index (χ2n) is 5.90. The van der Waals surface area contributed by atoms with Crippen LogP contribution in [-0.2, 0) is 0 Å². The Morgan fingerprint density at radius 2 is 1.40 bits per heavy atom. The maximum absolute atomic E-state index is 9.95. The largest absolute Gasteiger partial charge is 0.393 e. The lowest BCUT2D eigenvalue weighted by molar-refractivity contribution is -0.0281. The zero-order chi connectivity index (χ0) is 15.4. The number of hydrogen-bond donors (Lipinski definition) is 4. The van der Waals surface area contributed by atoms with Crippen molar-refractivity contribution in [2.45, 2.75) is 89.9 Å². The summed E-state index contributed by atoms with van der Waals surface area (Å²) in [4.78, 5) is 0. The highest BCUT2D eigenvalue weighted by Crippen LogP contribution is 2.17. The Kier molecular flexibility index (Phi) is 12.5. The second-order valence-corrected chi connectivity index (χ2v) is 5.90. The minimum Gasteiger partial charge on any atom is -0.393 e. The van der Waals surface area contributed by atoms with E-state index in [1.54, 1.807) is 0 Å². The van der Waals surface area contributed by atoms with Crippen molar-refractivity contribution in [3.63, 3.8) is 0 Å². The Morgan fingerprint density at radius 1 is 0.800 bits per heavy atom. The highest BCUT2D eigenvalue weighted by atomic mass is 16.3. The summed E-state index contributed by atoms with van der Waals surface area (Å²) < 4.78 is 0. The summed E-state index contributed by atoms with van der Waals surface area (Å²) in [5, 5.41) is 29.8. The SMILES string of the molecule is CCCCCCCCC(O)C(O)CC(O)C(CC)CN. The Labute approximate surface area is 124 Å². The molecule has 0 aromatic heterocycles. The van der Waals surface area contributed by atoms with Crippen molar-refractivity contribution in [3.8, 4) is 0 Å². The van der Waals surface area contributed by atoms with E-state index in [1.807, 2.05) is 6.92 Å². The molecule has 0 aromatic rings. The van der Waals surface area contributed by atoms with E-state index in [0.717, 1.165) is 19.3 Å². The number of nitrogens with two attached hydrogens (primary N) is 1. The van der Waals surface area contributed by atoms with Gasteiger partial charge in [-0.1, -0.05) is 52.4 Å². The fourth-order valence-corrected chi connectivity index (χ4v) is 2.52. The molecule has 5 N–H and O–H groups in total. The molecule has 4 atom stereocenters. The molecule has 0 aromatic carbocycles. The van der Waals surface area contributed by atoms with Crippen LogP contribution in [0.3, 0.4) is 0 Å². The van der Waals surface area contributed by atoms with Crippen molar-refractivity contribution < 1.29 is 15.3 Å². The van der Waals surface area contributed by atoms with Crippen LogP contribution in [0.1, 0.15) is 71.6 Å². The van der Waals surface area contributed by atoms with Crippen LogP contribution in [0.4, 0.5) is 0 Å². The van der Waals surface area contributed by atoms with Crippen LogP contribution in [0.2, 0.25) is 0 Å². The lowest BCUT2D eigenvalue weighted by atomic mass is 9.92. The summed E-state index contributed by atoms with van der Waals surface area (Å²) in [6, 6.07) is 0. The van der Waals surface area contributed by atoms with Gasteiger partial charge in [0, 0.05) is 6.42 Å². The van der Waals surface area contributed by atoms with Crippen molar-refractivity contribution in [3.05, 3.63) is 0 Å². The molecule has 4 unspecified atom stereocenters. The van der Waals surface area contributed by atoms with Gasteiger partial charge in [-0.15, -0.1) is 0 Å². The standard InChI is InChI=1S/C16H35NO3/c1-3-5-6-7-8-9-10-14(18)16(20)11-15(19)13(4-2)12-17/h13-16,18-20H,3-12,17H2,1-2H3. The minimum atomic E-state index is -0.846. The zero-order valence-electron chi connectivity index (χ0n) is 13.3. The first-order chi connectivity index (χ1) is 9.56. The third-order valence-electron chi connectivity index (χ3n) is 4.15. The average molecular weight is 289 g/mol. The van der Waals surface area contributed by atoms with Gasteiger partial charge in [0.1, 0.15) is 0 Å². The molecule has 0 rings (SSSR count). The Bertz CT molecular complexity index is 210. The molecule has 0 heterocycles. The molecule has 4 nitrogen and oxygen atoms in total. The first-order valence-electron chi connectivity index (χ1n) is 8.30. The van der Waals surface area contributed by atoms with E-state index in [-0.39, 0.29) is 12.3 Å². The summed E-state index contributed by atoms with van der Waals surface area (Å²) in [6.45, 7) is 4.58. The number of aliphatic hydroxyl groups excluding tert-OH is 3. The van der Waals surface area contributed by atoms with Gasteiger partial charge in [0.2, 0.25) is 0 Å². The van der Waals surface area contributed by atoms with Crippen molar-refractivity contribution in [1.29, 1.82) is 0 Å². The van der Waals surface area contributed by atoms with E-state index >= 15 is 0 Å². The smallest absolute Gasteiger partial charge is 0.0823 e. The number of rotatable bonds is 13. The van der Waals surface area contributed by atoms with Crippen molar-refractivity contribution in [2.75, 3.05) is 6.54 Å². The highest BCUT2D eigenvalue weighted by Gasteiger charge is 2.23.